The number of phenols is 1. The van der Waals surface area contributed by atoms with E-state index in [1.807, 2.05) is 0 Å². The third-order valence-corrected chi connectivity index (χ3v) is 2.82. The van der Waals surface area contributed by atoms with E-state index in [0.29, 0.717) is 24.5 Å². The van der Waals surface area contributed by atoms with Crippen molar-refractivity contribution in [3.05, 3.63) is 23.8 Å². The highest BCUT2D eigenvalue weighted by Gasteiger charge is 2.16. The molecule has 1 saturated heterocycles. The summed E-state index contributed by atoms with van der Waals surface area (Å²) in [5.41, 5.74) is 0.323. The van der Waals surface area contributed by atoms with Crippen molar-refractivity contribution < 1.29 is 19.4 Å². The van der Waals surface area contributed by atoms with Crippen LogP contribution < -0.4 is 4.74 Å². The number of aromatic hydroxyl groups is 1. The molecular weight excluding hydrogens is 220 g/mol. The number of Topliss-reactive ketones (excluding diaryl/α,β-unsaturated/α-hetero) is 1. The van der Waals surface area contributed by atoms with Gasteiger partial charge in [0.05, 0.1) is 18.8 Å². The van der Waals surface area contributed by atoms with E-state index in [2.05, 4.69) is 0 Å². The molecule has 1 aromatic carbocycles. The number of phenolic OH excluding ortho intramolecular Hbond substituents is 1. The summed E-state index contributed by atoms with van der Waals surface area (Å²) in [5.74, 6) is 0.418. The van der Waals surface area contributed by atoms with Crippen molar-refractivity contribution in [1.29, 1.82) is 0 Å². The van der Waals surface area contributed by atoms with Crippen LogP contribution in [-0.2, 0) is 4.74 Å². The molecule has 0 radical (unpaired) electrons. The molecule has 0 spiro atoms. The molecule has 0 atom stereocenters. The lowest BCUT2D eigenvalue weighted by molar-refractivity contribution is 0.0255. The highest BCUT2D eigenvalue weighted by atomic mass is 16.5. The van der Waals surface area contributed by atoms with E-state index in [-0.39, 0.29) is 17.6 Å². The molecule has 17 heavy (non-hydrogen) atoms. The summed E-state index contributed by atoms with van der Waals surface area (Å²) in [4.78, 5) is 11.2. The van der Waals surface area contributed by atoms with Gasteiger partial charge in [0.15, 0.2) is 5.78 Å². The largest absolute Gasteiger partial charge is 0.507 e. The van der Waals surface area contributed by atoms with Gasteiger partial charge in [-0.05, 0) is 19.1 Å². The molecule has 4 heteroatoms. The second-order valence-electron chi connectivity index (χ2n) is 4.16. The van der Waals surface area contributed by atoms with Gasteiger partial charge in [0.2, 0.25) is 0 Å². The molecule has 4 nitrogen and oxygen atoms in total. The second-order valence-corrected chi connectivity index (χ2v) is 4.16. The molecule has 0 unspecified atom stereocenters. The Balaban J connectivity index is 2.06. The summed E-state index contributed by atoms with van der Waals surface area (Å²) in [7, 11) is 0. The molecule has 0 aromatic heterocycles. The number of hydrogen-bond donors (Lipinski definition) is 1. The monoisotopic (exact) mass is 236 g/mol. The van der Waals surface area contributed by atoms with Crippen LogP contribution in [-0.4, -0.2) is 30.2 Å². The molecule has 1 N–H and O–H groups in total. The van der Waals surface area contributed by atoms with Crippen LogP contribution in [0, 0.1) is 0 Å². The summed E-state index contributed by atoms with van der Waals surface area (Å²) < 4.78 is 11.0. The van der Waals surface area contributed by atoms with Gasteiger partial charge < -0.3 is 14.6 Å². The average molecular weight is 236 g/mol. The van der Waals surface area contributed by atoms with Crippen LogP contribution in [0.15, 0.2) is 18.2 Å². The molecule has 92 valence electrons. The highest BCUT2D eigenvalue weighted by Crippen LogP contribution is 2.26. The Morgan fingerprint density at radius 1 is 1.41 bits per heavy atom. The van der Waals surface area contributed by atoms with Crippen molar-refractivity contribution in [3.63, 3.8) is 0 Å². The second kappa shape index (κ2) is 5.19. The molecule has 1 aliphatic rings. The van der Waals surface area contributed by atoms with Gasteiger partial charge in [-0.1, -0.05) is 0 Å². The van der Waals surface area contributed by atoms with Crippen molar-refractivity contribution in [1.82, 2.24) is 0 Å². The van der Waals surface area contributed by atoms with Gasteiger partial charge in [-0.15, -0.1) is 0 Å². The average Bonchev–Trinajstić information content (AvgIpc) is 2.30. The normalized spacial score (nSPS) is 16.8. The number of carbonyl (C=O) groups is 1. The number of rotatable bonds is 3. The maximum Gasteiger partial charge on any atom is 0.163 e. The first-order valence-electron chi connectivity index (χ1n) is 5.75. The summed E-state index contributed by atoms with van der Waals surface area (Å²) in [6.07, 6.45) is 1.84. The Labute approximate surface area is 100 Å². The molecule has 1 heterocycles. The van der Waals surface area contributed by atoms with E-state index < -0.39 is 0 Å². The van der Waals surface area contributed by atoms with Crippen LogP contribution in [0.2, 0.25) is 0 Å². The van der Waals surface area contributed by atoms with Gasteiger partial charge in [-0.2, -0.15) is 0 Å². The van der Waals surface area contributed by atoms with E-state index in [1.54, 1.807) is 12.1 Å². The van der Waals surface area contributed by atoms with Crippen LogP contribution in [0.3, 0.4) is 0 Å². The van der Waals surface area contributed by atoms with Gasteiger partial charge in [-0.3, -0.25) is 4.79 Å². The molecule has 0 aliphatic carbocycles. The first kappa shape index (κ1) is 11.9. The third-order valence-electron chi connectivity index (χ3n) is 2.82. The first-order valence-corrected chi connectivity index (χ1v) is 5.75. The number of ketones is 1. The molecule has 1 aromatic rings. The molecule has 1 aliphatic heterocycles. The van der Waals surface area contributed by atoms with Crippen LogP contribution in [0.1, 0.15) is 30.1 Å². The lowest BCUT2D eigenvalue weighted by Crippen LogP contribution is -2.25. The van der Waals surface area contributed by atoms with Crippen LogP contribution in [0.4, 0.5) is 0 Å². The van der Waals surface area contributed by atoms with Crippen molar-refractivity contribution in [2.24, 2.45) is 0 Å². The standard InChI is InChI=1S/C13H16O4/c1-9(14)12-3-2-11(8-13(12)15)17-10-4-6-16-7-5-10/h2-3,8,10,15H,4-7H2,1H3. The number of carbonyl (C=O) groups excluding carboxylic acids is 1. The van der Waals surface area contributed by atoms with Crippen molar-refractivity contribution in [3.8, 4) is 11.5 Å². The maximum absolute atomic E-state index is 11.2. The lowest BCUT2D eigenvalue weighted by atomic mass is 10.1. The fourth-order valence-electron chi connectivity index (χ4n) is 1.87. The molecule has 0 amide bonds. The summed E-state index contributed by atoms with van der Waals surface area (Å²) in [5, 5.41) is 9.67. The topological polar surface area (TPSA) is 55.8 Å². The van der Waals surface area contributed by atoms with Gasteiger partial charge in [0.25, 0.3) is 0 Å². The number of hydrogen-bond acceptors (Lipinski definition) is 4. The van der Waals surface area contributed by atoms with E-state index in [0.717, 1.165) is 12.8 Å². The smallest absolute Gasteiger partial charge is 0.163 e. The van der Waals surface area contributed by atoms with Gasteiger partial charge in [0.1, 0.15) is 17.6 Å². The number of ether oxygens (including phenoxy) is 2. The molecule has 2 rings (SSSR count). The Hall–Kier alpha value is -1.55. The maximum atomic E-state index is 11.2. The van der Waals surface area contributed by atoms with E-state index in [4.69, 9.17) is 9.47 Å². The van der Waals surface area contributed by atoms with E-state index in [1.165, 1.54) is 13.0 Å². The summed E-state index contributed by atoms with van der Waals surface area (Å²) in [6, 6.07) is 4.80. The Morgan fingerprint density at radius 3 is 2.71 bits per heavy atom. The molecule has 0 bridgehead atoms. The van der Waals surface area contributed by atoms with E-state index in [9.17, 15) is 9.90 Å². The predicted molar refractivity (Wildman–Crippen MR) is 62.6 cm³/mol. The minimum atomic E-state index is -0.153. The van der Waals surface area contributed by atoms with Gasteiger partial charge in [-0.25, -0.2) is 0 Å². The van der Waals surface area contributed by atoms with Crippen LogP contribution in [0.25, 0.3) is 0 Å². The van der Waals surface area contributed by atoms with Gasteiger partial charge >= 0.3 is 0 Å². The quantitative estimate of drug-likeness (QED) is 0.817. The SMILES string of the molecule is CC(=O)c1ccc(OC2CCOCC2)cc1O. The van der Waals surface area contributed by atoms with Crippen molar-refractivity contribution >= 4 is 5.78 Å². The summed E-state index contributed by atoms with van der Waals surface area (Å²) >= 11 is 0. The summed E-state index contributed by atoms with van der Waals surface area (Å²) in [6.45, 7) is 2.85. The first-order chi connectivity index (χ1) is 8.16. The van der Waals surface area contributed by atoms with Crippen molar-refractivity contribution in [2.45, 2.75) is 25.9 Å². The lowest BCUT2D eigenvalue weighted by Gasteiger charge is -2.23. The fourth-order valence-corrected chi connectivity index (χ4v) is 1.87. The fraction of sp³-hybridized carbons (Fsp3) is 0.462. The predicted octanol–water partition coefficient (Wildman–Crippen LogP) is 2.15. The van der Waals surface area contributed by atoms with Crippen LogP contribution in [0.5, 0.6) is 11.5 Å². The molecule has 1 fully saturated rings. The third kappa shape index (κ3) is 2.97. The van der Waals surface area contributed by atoms with E-state index >= 15 is 0 Å². The highest BCUT2D eigenvalue weighted by molar-refractivity contribution is 5.96. The zero-order valence-electron chi connectivity index (χ0n) is 9.81. The van der Waals surface area contributed by atoms with Crippen molar-refractivity contribution in [2.75, 3.05) is 13.2 Å². The Morgan fingerprint density at radius 2 is 2.12 bits per heavy atom. The Kier molecular flexibility index (Phi) is 3.64. The van der Waals surface area contributed by atoms with Crippen LogP contribution >= 0.6 is 0 Å². The minimum Gasteiger partial charge on any atom is -0.507 e. The molecular formula is C13H16O4. The van der Waals surface area contributed by atoms with Gasteiger partial charge in [0, 0.05) is 18.9 Å². The number of benzene rings is 1. The Bertz CT molecular complexity index is 408. The molecule has 0 saturated carbocycles. The minimum absolute atomic E-state index is 0.0259. The zero-order chi connectivity index (χ0) is 12.3. The zero-order valence-corrected chi connectivity index (χ0v) is 9.81.